The van der Waals surface area contributed by atoms with Crippen LogP contribution in [0.1, 0.15) is 16.8 Å². The van der Waals surface area contributed by atoms with Crippen molar-refractivity contribution in [2.75, 3.05) is 25.2 Å². The molecule has 1 amide bonds. The van der Waals surface area contributed by atoms with Gasteiger partial charge >= 0.3 is 0 Å². The van der Waals surface area contributed by atoms with Crippen LogP contribution in [0.3, 0.4) is 0 Å². The Kier molecular flexibility index (Phi) is 4.26. The fourth-order valence-electron chi connectivity index (χ4n) is 3.31. The minimum Gasteiger partial charge on any atom is -0.376 e. The average molecular weight is 340 g/mol. The zero-order valence-electron chi connectivity index (χ0n) is 12.9. The molecule has 0 bridgehead atoms. The smallest absolute Gasteiger partial charge is 0.255 e. The van der Waals surface area contributed by atoms with Gasteiger partial charge in [0.1, 0.15) is 5.82 Å². The molecule has 3 rings (SSSR count). The molecule has 0 radical (unpaired) electrons. The van der Waals surface area contributed by atoms with Crippen molar-refractivity contribution in [2.24, 2.45) is 5.92 Å². The van der Waals surface area contributed by atoms with Gasteiger partial charge in [0, 0.05) is 25.8 Å². The van der Waals surface area contributed by atoms with E-state index in [1.165, 1.54) is 0 Å². The van der Waals surface area contributed by atoms with E-state index in [-0.39, 0.29) is 24.0 Å². The van der Waals surface area contributed by atoms with Crippen LogP contribution in [0.5, 0.6) is 0 Å². The van der Waals surface area contributed by atoms with Crippen LogP contribution >= 0.6 is 0 Å². The molecule has 2 aliphatic rings. The van der Waals surface area contributed by atoms with E-state index in [0.29, 0.717) is 18.0 Å². The van der Waals surface area contributed by atoms with Gasteiger partial charge in [-0.1, -0.05) is 0 Å². The summed E-state index contributed by atoms with van der Waals surface area (Å²) in [5.41, 5.74) is 0.426. The van der Waals surface area contributed by atoms with E-state index in [9.17, 15) is 13.2 Å². The maximum absolute atomic E-state index is 12.5. The van der Waals surface area contributed by atoms with Crippen molar-refractivity contribution < 1.29 is 17.9 Å². The molecule has 1 aromatic rings. The molecule has 0 unspecified atom stereocenters. The quantitative estimate of drug-likeness (QED) is 0.670. The zero-order chi connectivity index (χ0) is 16.6. The standard InChI is InChI=1S/C14H20N4O4S/c1-15-13-9(4-3-6-16-13)14(19)17-10-8-5-7-22-12(8)11(10)18-23(2,20)21/h3-4,6,8,10-12,18H,5,7H2,1-2H3,(H,15,16)(H,17,19)/t8-,10+,11-,12-/m1/s1. The second-order valence-corrected chi connectivity index (χ2v) is 7.63. The van der Waals surface area contributed by atoms with E-state index in [1.54, 1.807) is 25.4 Å². The van der Waals surface area contributed by atoms with Crippen molar-refractivity contribution in [3.63, 3.8) is 0 Å². The van der Waals surface area contributed by atoms with Gasteiger partial charge in [-0.15, -0.1) is 0 Å². The number of pyridine rings is 1. The number of fused-ring (bicyclic) bond motifs is 1. The third-order valence-electron chi connectivity index (χ3n) is 4.32. The summed E-state index contributed by atoms with van der Waals surface area (Å²) < 4.78 is 31.2. The first-order valence-corrected chi connectivity index (χ1v) is 9.32. The Morgan fingerprint density at radius 2 is 2.17 bits per heavy atom. The molecule has 1 saturated heterocycles. The topological polar surface area (TPSA) is 109 Å². The van der Waals surface area contributed by atoms with Crippen molar-refractivity contribution in [2.45, 2.75) is 24.6 Å². The van der Waals surface area contributed by atoms with Gasteiger partial charge in [0.05, 0.1) is 30.0 Å². The summed E-state index contributed by atoms with van der Waals surface area (Å²) in [5, 5.41) is 5.80. The summed E-state index contributed by atoms with van der Waals surface area (Å²) in [7, 11) is -1.68. The van der Waals surface area contributed by atoms with Crippen LogP contribution in [-0.4, -0.2) is 57.4 Å². The molecule has 126 valence electrons. The summed E-state index contributed by atoms with van der Waals surface area (Å²) in [5.74, 6) is 0.335. The summed E-state index contributed by atoms with van der Waals surface area (Å²) in [6.07, 6.45) is 3.34. The van der Waals surface area contributed by atoms with Gasteiger partial charge in [-0.25, -0.2) is 18.1 Å². The van der Waals surface area contributed by atoms with Crippen LogP contribution in [0.4, 0.5) is 5.82 Å². The molecule has 23 heavy (non-hydrogen) atoms. The van der Waals surface area contributed by atoms with E-state index < -0.39 is 16.1 Å². The number of hydrogen-bond acceptors (Lipinski definition) is 6. The predicted octanol–water partition coefficient (Wildman–Crippen LogP) is -0.442. The van der Waals surface area contributed by atoms with E-state index in [4.69, 9.17) is 4.74 Å². The molecule has 0 spiro atoms. The highest BCUT2D eigenvalue weighted by Crippen LogP contribution is 2.39. The maximum atomic E-state index is 12.5. The molecule has 2 heterocycles. The SMILES string of the molecule is CNc1ncccc1C(=O)N[C@H]1[C@H]2CCO[C@H]2[C@@H]1NS(C)(=O)=O. The van der Waals surface area contributed by atoms with Gasteiger partial charge in [0.25, 0.3) is 5.91 Å². The van der Waals surface area contributed by atoms with Gasteiger partial charge in [-0.3, -0.25) is 4.79 Å². The van der Waals surface area contributed by atoms with Gasteiger partial charge in [0.15, 0.2) is 0 Å². The van der Waals surface area contributed by atoms with Gasteiger partial charge in [-0.2, -0.15) is 0 Å². The van der Waals surface area contributed by atoms with Crippen molar-refractivity contribution >= 4 is 21.7 Å². The number of nitrogens with one attached hydrogen (secondary N) is 3. The number of hydrogen-bond donors (Lipinski definition) is 3. The fraction of sp³-hybridized carbons (Fsp3) is 0.571. The number of aromatic nitrogens is 1. The first-order chi connectivity index (χ1) is 10.9. The normalized spacial score (nSPS) is 29.5. The number of anilines is 1. The minimum atomic E-state index is -3.38. The molecular weight excluding hydrogens is 320 g/mol. The predicted molar refractivity (Wildman–Crippen MR) is 84.7 cm³/mol. The van der Waals surface area contributed by atoms with Crippen LogP contribution in [0.25, 0.3) is 0 Å². The second-order valence-electron chi connectivity index (χ2n) is 5.85. The lowest BCUT2D eigenvalue weighted by Gasteiger charge is -2.47. The summed E-state index contributed by atoms with van der Waals surface area (Å²) in [4.78, 5) is 16.6. The molecule has 1 aliphatic heterocycles. The molecule has 1 aliphatic carbocycles. The van der Waals surface area contributed by atoms with Crippen molar-refractivity contribution in [1.82, 2.24) is 15.0 Å². The lowest BCUT2D eigenvalue weighted by atomic mass is 9.72. The summed E-state index contributed by atoms with van der Waals surface area (Å²) in [6.45, 7) is 0.582. The Balaban J connectivity index is 1.76. The molecule has 8 nitrogen and oxygen atoms in total. The number of carbonyl (C=O) groups is 1. The molecule has 0 aromatic carbocycles. The monoisotopic (exact) mass is 340 g/mol. The van der Waals surface area contributed by atoms with Crippen LogP contribution in [0, 0.1) is 5.92 Å². The molecule has 1 saturated carbocycles. The number of amides is 1. The zero-order valence-corrected chi connectivity index (χ0v) is 13.8. The van der Waals surface area contributed by atoms with E-state index in [2.05, 4.69) is 20.3 Å². The van der Waals surface area contributed by atoms with Gasteiger partial charge < -0.3 is 15.4 Å². The Morgan fingerprint density at radius 3 is 2.87 bits per heavy atom. The van der Waals surface area contributed by atoms with Gasteiger partial charge in [-0.05, 0) is 18.6 Å². The minimum absolute atomic E-state index is 0.132. The lowest BCUT2D eigenvalue weighted by Crippen LogP contribution is -2.70. The Labute approximate surface area is 135 Å². The Morgan fingerprint density at radius 1 is 1.39 bits per heavy atom. The van der Waals surface area contributed by atoms with Gasteiger partial charge in [0.2, 0.25) is 10.0 Å². The third kappa shape index (κ3) is 3.17. The highest BCUT2D eigenvalue weighted by atomic mass is 32.2. The van der Waals surface area contributed by atoms with Crippen molar-refractivity contribution in [1.29, 1.82) is 0 Å². The van der Waals surface area contributed by atoms with Crippen LogP contribution in [0.2, 0.25) is 0 Å². The maximum Gasteiger partial charge on any atom is 0.255 e. The summed E-state index contributed by atoms with van der Waals surface area (Å²) >= 11 is 0. The highest BCUT2D eigenvalue weighted by Gasteiger charge is 2.55. The third-order valence-corrected chi connectivity index (χ3v) is 5.02. The first kappa shape index (κ1) is 16.2. The highest BCUT2D eigenvalue weighted by molar-refractivity contribution is 7.88. The fourth-order valence-corrected chi connectivity index (χ4v) is 4.08. The number of nitrogens with zero attached hydrogens (tertiary/aromatic N) is 1. The molecule has 3 N–H and O–H groups in total. The molecule has 2 fully saturated rings. The first-order valence-electron chi connectivity index (χ1n) is 7.43. The summed E-state index contributed by atoms with van der Waals surface area (Å²) in [6, 6.07) is 2.64. The van der Waals surface area contributed by atoms with E-state index in [0.717, 1.165) is 12.7 Å². The largest absolute Gasteiger partial charge is 0.376 e. The number of rotatable bonds is 5. The number of carbonyl (C=O) groups excluding carboxylic acids is 1. The molecule has 1 aromatic heterocycles. The lowest BCUT2D eigenvalue weighted by molar-refractivity contribution is -0.0194. The Bertz CT molecular complexity index is 708. The second kappa shape index (κ2) is 6.06. The van der Waals surface area contributed by atoms with E-state index >= 15 is 0 Å². The van der Waals surface area contributed by atoms with Crippen LogP contribution in [-0.2, 0) is 14.8 Å². The molecular formula is C14H20N4O4S. The average Bonchev–Trinajstić information content (AvgIpc) is 2.94. The van der Waals surface area contributed by atoms with Crippen molar-refractivity contribution in [3.8, 4) is 0 Å². The van der Waals surface area contributed by atoms with Crippen LogP contribution < -0.4 is 15.4 Å². The molecule has 9 heteroatoms. The van der Waals surface area contributed by atoms with Crippen LogP contribution in [0.15, 0.2) is 18.3 Å². The number of ether oxygens (including phenoxy) is 1. The molecule has 4 atom stereocenters. The van der Waals surface area contributed by atoms with E-state index in [1.807, 2.05) is 0 Å². The van der Waals surface area contributed by atoms with Crippen molar-refractivity contribution in [3.05, 3.63) is 23.9 Å². The Hall–Kier alpha value is -1.71. The number of sulfonamides is 1.